The van der Waals surface area contributed by atoms with Gasteiger partial charge in [-0.3, -0.25) is 14.2 Å². The van der Waals surface area contributed by atoms with Gasteiger partial charge in [0.25, 0.3) is 5.56 Å². The largest absolute Gasteiger partial charge is 0.325 e. The molecule has 4 rings (SSSR count). The molecule has 5 nitrogen and oxygen atoms in total. The molecule has 1 N–H and O–H groups in total. The van der Waals surface area contributed by atoms with E-state index in [1.807, 2.05) is 30.3 Å². The molecular weight excluding hydrogens is 310 g/mol. The van der Waals surface area contributed by atoms with Gasteiger partial charge in [-0.15, -0.1) is 11.3 Å². The minimum absolute atomic E-state index is 0.0265. The van der Waals surface area contributed by atoms with Crippen molar-refractivity contribution in [3.05, 3.63) is 57.5 Å². The summed E-state index contributed by atoms with van der Waals surface area (Å²) in [5.41, 5.74) is 1.74. The Kier molecular flexibility index (Phi) is 3.46. The molecule has 3 aromatic rings. The number of anilines is 1. The van der Waals surface area contributed by atoms with Gasteiger partial charge in [0.2, 0.25) is 5.91 Å². The SMILES string of the molecule is O=C(Cn1cnc2sc3c(c2c1=O)CCC3)Nc1ccccc1. The third kappa shape index (κ3) is 2.55. The van der Waals surface area contributed by atoms with Crippen molar-refractivity contribution in [1.29, 1.82) is 0 Å². The summed E-state index contributed by atoms with van der Waals surface area (Å²) in [6.07, 6.45) is 4.54. The zero-order valence-electron chi connectivity index (χ0n) is 12.4. The summed E-state index contributed by atoms with van der Waals surface area (Å²) < 4.78 is 1.39. The molecular formula is C17H15N3O2S. The van der Waals surface area contributed by atoms with Crippen molar-refractivity contribution in [3.63, 3.8) is 0 Å². The normalized spacial score (nSPS) is 13.2. The lowest BCUT2D eigenvalue weighted by atomic mass is 10.2. The quantitative estimate of drug-likeness (QED) is 0.805. The van der Waals surface area contributed by atoms with Crippen LogP contribution in [0.4, 0.5) is 5.69 Å². The minimum Gasteiger partial charge on any atom is -0.325 e. The highest BCUT2D eigenvalue weighted by Gasteiger charge is 2.21. The number of nitrogens with zero attached hydrogens (tertiary/aromatic N) is 2. The molecule has 0 spiro atoms. The predicted octanol–water partition coefficient (Wildman–Crippen LogP) is 2.59. The second-order valence-electron chi connectivity index (χ2n) is 5.63. The number of amides is 1. The Morgan fingerprint density at radius 1 is 1.26 bits per heavy atom. The van der Waals surface area contributed by atoms with E-state index in [9.17, 15) is 9.59 Å². The molecule has 116 valence electrons. The van der Waals surface area contributed by atoms with Crippen molar-refractivity contribution in [2.45, 2.75) is 25.8 Å². The minimum atomic E-state index is -0.230. The lowest BCUT2D eigenvalue weighted by Gasteiger charge is -2.07. The van der Waals surface area contributed by atoms with Gasteiger partial charge in [0.05, 0.1) is 11.7 Å². The van der Waals surface area contributed by atoms with Crippen LogP contribution in [0.3, 0.4) is 0 Å². The molecule has 1 amide bonds. The molecule has 0 saturated heterocycles. The first-order valence-corrected chi connectivity index (χ1v) is 8.38. The zero-order valence-corrected chi connectivity index (χ0v) is 13.2. The van der Waals surface area contributed by atoms with Gasteiger partial charge in [0.15, 0.2) is 0 Å². The number of carbonyl (C=O) groups is 1. The standard InChI is InChI=1S/C17H15N3O2S/c21-14(19-11-5-2-1-3-6-11)9-20-10-18-16-15(17(20)22)12-7-4-8-13(12)23-16/h1-3,5-6,10H,4,7-9H2,(H,19,21). The van der Waals surface area contributed by atoms with E-state index in [1.54, 1.807) is 11.3 Å². The summed E-state index contributed by atoms with van der Waals surface area (Å²) in [7, 11) is 0. The van der Waals surface area contributed by atoms with Crippen molar-refractivity contribution in [2.24, 2.45) is 0 Å². The number of carbonyl (C=O) groups excluding carboxylic acids is 1. The number of aryl methyl sites for hydroxylation is 2. The van der Waals surface area contributed by atoms with Gasteiger partial charge in [-0.2, -0.15) is 0 Å². The summed E-state index contributed by atoms with van der Waals surface area (Å²) >= 11 is 1.61. The van der Waals surface area contributed by atoms with Crippen LogP contribution in [-0.4, -0.2) is 15.5 Å². The monoisotopic (exact) mass is 325 g/mol. The van der Waals surface area contributed by atoms with Gasteiger partial charge in [-0.1, -0.05) is 18.2 Å². The molecule has 0 aliphatic heterocycles. The van der Waals surface area contributed by atoms with E-state index in [-0.39, 0.29) is 18.0 Å². The molecule has 23 heavy (non-hydrogen) atoms. The average molecular weight is 325 g/mol. The number of hydrogen-bond acceptors (Lipinski definition) is 4. The Balaban J connectivity index is 1.63. The van der Waals surface area contributed by atoms with Crippen LogP contribution in [0.25, 0.3) is 10.2 Å². The highest BCUT2D eigenvalue weighted by atomic mass is 32.1. The molecule has 1 aliphatic rings. The Bertz CT molecular complexity index is 944. The van der Waals surface area contributed by atoms with Gasteiger partial charge in [-0.05, 0) is 37.0 Å². The number of thiophene rings is 1. The van der Waals surface area contributed by atoms with Crippen LogP contribution >= 0.6 is 11.3 Å². The number of fused-ring (bicyclic) bond motifs is 3. The molecule has 6 heteroatoms. The molecule has 2 heterocycles. The van der Waals surface area contributed by atoms with E-state index >= 15 is 0 Å². The van der Waals surface area contributed by atoms with Crippen molar-refractivity contribution in [2.75, 3.05) is 5.32 Å². The van der Waals surface area contributed by atoms with Gasteiger partial charge < -0.3 is 5.32 Å². The van der Waals surface area contributed by atoms with E-state index < -0.39 is 0 Å². The maximum atomic E-state index is 12.7. The number of hydrogen-bond donors (Lipinski definition) is 1. The number of benzene rings is 1. The fourth-order valence-corrected chi connectivity index (χ4v) is 4.23. The van der Waals surface area contributed by atoms with Crippen LogP contribution in [0.15, 0.2) is 41.5 Å². The lowest BCUT2D eigenvalue weighted by Crippen LogP contribution is -2.27. The van der Waals surface area contributed by atoms with E-state index in [2.05, 4.69) is 10.3 Å². The van der Waals surface area contributed by atoms with Crippen LogP contribution in [0.5, 0.6) is 0 Å². The van der Waals surface area contributed by atoms with Crippen LogP contribution in [0.2, 0.25) is 0 Å². The van der Waals surface area contributed by atoms with Crippen molar-refractivity contribution in [1.82, 2.24) is 9.55 Å². The van der Waals surface area contributed by atoms with Crippen LogP contribution < -0.4 is 10.9 Å². The second-order valence-corrected chi connectivity index (χ2v) is 6.71. The topological polar surface area (TPSA) is 64.0 Å². The number of nitrogens with one attached hydrogen (secondary N) is 1. The van der Waals surface area contributed by atoms with Gasteiger partial charge in [0.1, 0.15) is 11.4 Å². The van der Waals surface area contributed by atoms with Crippen LogP contribution in [0, 0.1) is 0 Å². The molecule has 2 aromatic heterocycles. The number of aromatic nitrogens is 2. The molecule has 1 aromatic carbocycles. The first kappa shape index (κ1) is 14.1. The fraction of sp³-hybridized carbons (Fsp3) is 0.235. The van der Waals surface area contributed by atoms with Gasteiger partial charge in [0, 0.05) is 10.6 Å². The second kappa shape index (κ2) is 5.62. The first-order valence-electron chi connectivity index (χ1n) is 7.57. The lowest BCUT2D eigenvalue weighted by molar-refractivity contribution is -0.116. The smallest absolute Gasteiger partial charge is 0.262 e. The van der Waals surface area contributed by atoms with Crippen molar-refractivity contribution in [3.8, 4) is 0 Å². The summed E-state index contributed by atoms with van der Waals surface area (Å²) in [6, 6.07) is 9.21. The molecule has 0 fully saturated rings. The van der Waals surface area contributed by atoms with Gasteiger partial charge >= 0.3 is 0 Å². The summed E-state index contributed by atoms with van der Waals surface area (Å²) in [5.74, 6) is -0.230. The predicted molar refractivity (Wildman–Crippen MR) is 91.0 cm³/mol. The summed E-state index contributed by atoms with van der Waals surface area (Å²) in [4.78, 5) is 31.3. The Labute approximate surface area is 136 Å². The molecule has 0 bridgehead atoms. The number of para-hydroxylation sites is 1. The maximum Gasteiger partial charge on any atom is 0.262 e. The Morgan fingerprint density at radius 2 is 2.09 bits per heavy atom. The highest BCUT2D eigenvalue weighted by Crippen LogP contribution is 2.34. The molecule has 0 atom stereocenters. The highest BCUT2D eigenvalue weighted by molar-refractivity contribution is 7.18. The van der Waals surface area contributed by atoms with Crippen LogP contribution in [0.1, 0.15) is 16.9 Å². The van der Waals surface area contributed by atoms with E-state index in [1.165, 1.54) is 15.8 Å². The summed E-state index contributed by atoms with van der Waals surface area (Å²) in [6.45, 7) is -0.0265. The Morgan fingerprint density at radius 3 is 2.91 bits per heavy atom. The van der Waals surface area contributed by atoms with E-state index in [0.29, 0.717) is 5.39 Å². The van der Waals surface area contributed by atoms with Crippen LogP contribution in [-0.2, 0) is 24.2 Å². The van der Waals surface area contributed by atoms with Gasteiger partial charge in [-0.25, -0.2) is 4.98 Å². The van der Waals surface area contributed by atoms with Crippen molar-refractivity contribution < 1.29 is 4.79 Å². The van der Waals surface area contributed by atoms with E-state index in [0.717, 1.165) is 35.3 Å². The molecule has 0 saturated carbocycles. The molecule has 1 aliphatic carbocycles. The third-order valence-electron chi connectivity index (χ3n) is 4.06. The fourth-order valence-electron chi connectivity index (χ4n) is 3.01. The maximum absolute atomic E-state index is 12.7. The zero-order chi connectivity index (χ0) is 15.8. The molecule has 0 radical (unpaired) electrons. The first-order chi connectivity index (χ1) is 11.2. The molecule has 0 unspecified atom stereocenters. The third-order valence-corrected chi connectivity index (χ3v) is 5.26. The summed E-state index contributed by atoms with van der Waals surface area (Å²) in [5, 5.41) is 3.49. The number of rotatable bonds is 3. The van der Waals surface area contributed by atoms with Crippen molar-refractivity contribution >= 4 is 33.1 Å². The average Bonchev–Trinajstić information content (AvgIpc) is 3.11. The van der Waals surface area contributed by atoms with E-state index in [4.69, 9.17) is 0 Å². The Hall–Kier alpha value is -2.47.